The summed E-state index contributed by atoms with van der Waals surface area (Å²) in [5.41, 5.74) is 5.73. The summed E-state index contributed by atoms with van der Waals surface area (Å²) in [5.74, 6) is 3.51. The number of hydrogen-bond acceptors (Lipinski definition) is 3. The average Bonchev–Trinajstić information content (AvgIpc) is 2.71. The lowest BCUT2D eigenvalue weighted by Crippen LogP contribution is -2.44. The Morgan fingerprint density at radius 2 is 2.31 bits per heavy atom. The van der Waals surface area contributed by atoms with E-state index in [0.717, 1.165) is 18.5 Å². The number of nitrogens with two attached hydrogens (primary N) is 1. The molecule has 13 heavy (non-hydrogen) atoms. The number of thioether (sulfide) groups is 1. The third-order valence-electron chi connectivity index (χ3n) is 3.31. The maximum absolute atomic E-state index is 5.73. The van der Waals surface area contributed by atoms with Crippen LogP contribution < -0.4 is 5.73 Å². The van der Waals surface area contributed by atoms with Gasteiger partial charge >= 0.3 is 0 Å². The molecule has 0 aromatic carbocycles. The lowest BCUT2D eigenvalue weighted by Gasteiger charge is -2.36. The molecule has 0 aromatic rings. The average molecular weight is 200 g/mol. The highest BCUT2D eigenvalue weighted by Crippen LogP contribution is 2.26. The first-order valence-electron chi connectivity index (χ1n) is 5.42. The van der Waals surface area contributed by atoms with Gasteiger partial charge in [-0.2, -0.15) is 11.8 Å². The van der Waals surface area contributed by atoms with Crippen molar-refractivity contribution in [2.45, 2.75) is 25.3 Å². The van der Waals surface area contributed by atoms with Crippen LogP contribution in [0, 0.1) is 5.92 Å². The van der Waals surface area contributed by atoms with Gasteiger partial charge in [-0.05, 0) is 44.0 Å². The Balaban J connectivity index is 1.84. The molecule has 76 valence electrons. The molecule has 2 saturated heterocycles. The molecule has 0 saturated carbocycles. The van der Waals surface area contributed by atoms with E-state index >= 15 is 0 Å². The van der Waals surface area contributed by atoms with Crippen LogP contribution in [0.4, 0.5) is 0 Å². The summed E-state index contributed by atoms with van der Waals surface area (Å²) in [6.45, 7) is 3.47. The highest BCUT2D eigenvalue weighted by atomic mass is 32.2. The molecular formula is C10H20N2S. The molecule has 2 aliphatic heterocycles. The topological polar surface area (TPSA) is 29.3 Å². The minimum atomic E-state index is 0.777. The van der Waals surface area contributed by atoms with Crippen molar-refractivity contribution in [1.29, 1.82) is 0 Å². The summed E-state index contributed by atoms with van der Waals surface area (Å²) in [4.78, 5) is 2.68. The van der Waals surface area contributed by atoms with Gasteiger partial charge in [0.15, 0.2) is 0 Å². The van der Waals surface area contributed by atoms with Crippen LogP contribution in [0.1, 0.15) is 19.3 Å². The Labute approximate surface area is 85.2 Å². The van der Waals surface area contributed by atoms with Crippen LogP contribution in [0.15, 0.2) is 0 Å². The van der Waals surface area contributed by atoms with E-state index in [1.807, 2.05) is 0 Å². The van der Waals surface area contributed by atoms with Gasteiger partial charge in [-0.25, -0.2) is 0 Å². The molecule has 0 bridgehead atoms. The van der Waals surface area contributed by atoms with Crippen LogP contribution in [0.5, 0.6) is 0 Å². The number of piperidine rings is 1. The molecule has 2 rings (SSSR count). The zero-order valence-electron chi connectivity index (χ0n) is 8.24. The number of rotatable bonds is 2. The van der Waals surface area contributed by atoms with Crippen molar-refractivity contribution in [3.8, 4) is 0 Å². The zero-order chi connectivity index (χ0) is 9.10. The first kappa shape index (κ1) is 9.81. The van der Waals surface area contributed by atoms with Gasteiger partial charge in [0.05, 0.1) is 0 Å². The summed E-state index contributed by atoms with van der Waals surface area (Å²) in [7, 11) is 0. The predicted molar refractivity (Wildman–Crippen MR) is 59.1 cm³/mol. The zero-order valence-corrected chi connectivity index (χ0v) is 9.06. The minimum absolute atomic E-state index is 0.777. The summed E-state index contributed by atoms with van der Waals surface area (Å²) in [5, 5.41) is 0. The summed E-state index contributed by atoms with van der Waals surface area (Å²) in [6, 6.07) is 0.874. The lowest BCUT2D eigenvalue weighted by atomic mass is 9.97. The van der Waals surface area contributed by atoms with Crippen LogP contribution in [-0.4, -0.2) is 42.1 Å². The molecule has 0 aliphatic carbocycles. The van der Waals surface area contributed by atoms with Gasteiger partial charge in [-0.1, -0.05) is 0 Å². The van der Waals surface area contributed by atoms with E-state index in [2.05, 4.69) is 16.7 Å². The van der Waals surface area contributed by atoms with Gasteiger partial charge in [0.1, 0.15) is 0 Å². The lowest BCUT2D eigenvalue weighted by molar-refractivity contribution is 0.137. The van der Waals surface area contributed by atoms with Gasteiger partial charge in [-0.15, -0.1) is 0 Å². The molecule has 0 amide bonds. The van der Waals surface area contributed by atoms with E-state index in [1.165, 1.54) is 43.9 Å². The van der Waals surface area contributed by atoms with Gasteiger partial charge in [0, 0.05) is 18.3 Å². The highest BCUT2D eigenvalue weighted by molar-refractivity contribution is 7.99. The van der Waals surface area contributed by atoms with Crippen LogP contribution in [0.25, 0.3) is 0 Å². The highest BCUT2D eigenvalue weighted by Gasteiger charge is 2.27. The number of nitrogens with zero attached hydrogens (tertiary/aromatic N) is 1. The summed E-state index contributed by atoms with van der Waals surface area (Å²) < 4.78 is 0. The molecule has 2 N–H and O–H groups in total. The second-order valence-electron chi connectivity index (χ2n) is 4.26. The van der Waals surface area contributed by atoms with Gasteiger partial charge in [0.2, 0.25) is 0 Å². The van der Waals surface area contributed by atoms with E-state index in [4.69, 9.17) is 5.73 Å². The van der Waals surface area contributed by atoms with E-state index in [1.54, 1.807) is 0 Å². The van der Waals surface area contributed by atoms with Gasteiger partial charge in [-0.3, -0.25) is 4.90 Å². The Bertz CT molecular complexity index is 157. The standard InChI is InChI=1S/C10H20N2S/c11-6-9-2-1-4-12(7-9)10-3-5-13-8-10/h9-10H,1-8,11H2/t9-,10+/m0/s1. The van der Waals surface area contributed by atoms with Crippen molar-refractivity contribution in [2.24, 2.45) is 11.7 Å². The molecular weight excluding hydrogens is 180 g/mol. The molecule has 0 unspecified atom stereocenters. The molecule has 3 heteroatoms. The van der Waals surface area contributed by atoms with Crippen LogP contribution >= 0.6 is 11.8 Å². The van der Waals surface area contributed by atoms with E-state index in [9.17, 15) is 0 Å². The quantitative estimate of drug-likeness (QED) is 0.725. The Morgan fingerprint density at radius 3 is 3.00 bits per heavy atom. The fraction of sp³-hybridized carbons (Fsp3) is 1.00. The number of likely N-dealkylation sites (tertiary alicyclic amines) is 1. The summed E-state index contributed by atoms with van der Waals surface area (Å²) >= 11 is 2.11. The van der Waals surface area contributed by atoms with Crippen LogP contribution in [0.2, 0.25) is 0 Å². The SMILES string of the molecule is NC[C@@H]1CCCN([C@@H]2CCSC2)C1. The molecule has 2 heterocycles. The van der Waals surface area contributed by atoms with Crippen LogP contribution in [-0.2, 0) is 0 Å². The molecule has 2 aliphatic rings. The van der Waals surface area contributed by atoms with E-state index in [0.29, 0.717) is 0 Å². The van der Waals surface area contributed by atoms with Crippen LogP contribution in [0.3, 0.4) is 0 Å². The Hall–Kier alpha value is 0.270. The van der Waals surface area contributed by atoms with Crippen molar-refractivity contribution in [2.75, 3.05) is 31.1 Å². The molecule has 0 spiro atoms. The first-order chi connectivity index (χ1) is 6.40. The molecule has 2 atom stereocenters. The maximum atomic E-state index is 5.73. The predicted octanol–water partition coefficient (Wildman–Crippen LogP) is 1.16. The molecule has 0 radical (unpaired) electrons. The molecule has 2 fully saturated rings. The minimum Gasteiger partial charge on any atom is -0.330 e. The second kappa shape index (κ2) is 4.67. The monoisotopic (exact) mass is 200 g/mol. The third-order valence-corrected chi connectivity index (χ3v) is 4.45. The molecule has 0 aromatic heterocycles. The van der Waals surface area contributed by atoms with Crippen molar-refractivity contribution in [3.63, 3.8) is 0 Å². The largest absolute Gasteiger partial charge is 0.330 e. The second-order valence-corrected chi connectivity index (χ2v) is 5.41. The molecule has 2 nitrogen and oxygen atoms in total. The first-order valence-corrected chi connectivity index (χ1v) is 6.57. The third kappa shape index (κ3) is 2.39. The summed E-state index contributed by atoms with van der Waals surface area (Å²) in [6.07, 6.45) is 4.12. The maximum Gasteiger partial charge on any atom is 0.0194 e. The van der Waals surface area contributed by atoms with Crippen molar-refractivity contribution in [3.05, 3.63) is 0 Å². The fourth-order valence-electron chi connectivity index (χ4n) is 2.43. The Morgan fingerprint density at radius 1 is 1.38 bits per heavy atom. The fourth-order valence-corrected chi connectivity index (χ4v) is 3.69. The van der Waals surface area contributed by atoms with E-state index < -0.39 is 0 Å². The number of hydrogen-bond donors (Lipinski definition) is 1. The van der Waals surface area contributed by atoms with Crippen molar-refractivity contribution >= 4 is 11.8 Å². The van der Waals surface area contributed by atoms with E-state index in [-0.39, 0.29) is 0 Å². The van der Waals surface area contributed by atoms with Gasteiger partial charge < -0.3 is 5.73 Å². The normalized spacial score (nSPS) is 36.7. The smallest absolute Gasteiger partial charge is 0.0194 e. The van der Waals surface area contributed by atoms with Crippen molar-refractivity contribution in [1.82, 2.24) is 4.90 Å². The Kier molecular flexibility index (Phi) is 3.52. The van der Waals surface area contributed by atoms with Crippen molar-refractivity contribution < 1.29 is 0 Å². The van der Waals surface area contributed by atoms with Gasteiger partial charge in [0.25, 0.3) is 0 Å².